The Morgan fingerprint density at radius 3 is 2.95 bits per heavy atom. The molecule has 0 fully saturated rings. The van der Waals surface area contributed by atoms with Crippen molar-refractivity contribution in [2.24, 2.45) is 0 Å². The van der Waals surface area contributed by atoms with Crippen molar-refractivity contribution in [3.63, 3.8) is 0 Å². The quantitative estimate of drug-likeness (QED) is 0.815. The van der Waals surface area contributed by atoms with E-state index in [0.29, 0.717) is 12.4 Å². The number of aliphatic hydroxyl groups excluding tert-OH is 1. The van der Waals surface area contributed by atoms with Crippen LogP contribution in [0.5, 0.6) is 5.88 Å². The van der Waals surface area contributed by atoms with Gasteiger partial charge in [-0.15, -0.1) is 15.7 Å². The summed E-state index contributed by atoms with van der Waals surface area (Å²) in [4.78, 5) is 2.63. The van der Waals surface area contributed by atoms with Crippen molar-refractivity contribution in [3.05, 3.63) is 27.6 Å². The number of aromatic nitrogens is 2. The van der Waals surface area contributed by atoms with Gasteiger partial charge in [-0.2, -0.15) is 4.37 Å². The van der Waals surface area contributed by atoms with Crippen molar-refractivity contribution in [1.29, 1.82) is 0 Å². The molecule has 0 aromatic carbocycles. The summed E-state index contributed by atoms with van der Waals surface area (Å²) in [6.07, 6.45) is 0.992. The lowest BCUT2D eigenvalue weighted by Crippen LogP contribution is -2.31. The Morgan fingerprint density at radius 1 is 1.47 bits per heavy atom. The van der Waals surface area contributed by atoms with Crippen molar-refractivity contribution >= 4 is 23.1 Å². The fourth-order valence-electron chi connectivity index (χ4n) is 1.56. The molecular formula is C12H17N3O2S2. The van der Waals surface area contributed by atoms with Crippen LogP contribution in [-0.2, 0) is 6.54 Å². The summed E-state index contributed by atoms with van der Waals surface area (Å²) in [7, 11) is 0. The summed E-state index contributed by atoms with van der Waals surface area (Å²) in [6, 6.07) is 2.18. The number of rotatable bonds is 7. The van der Waals surface area contributed by atoms with E-state index in [-0.39, 0.29) is 6.61 Å². The zero-order valence-electron chi connectivity index (χ0n) is 10.9. The number of hydrogen-bond acceptors (Lipinski definition) is 7. The minimum absolute atomic E-state index is 0.223. The lowest BCUT2D eigenvalue weighted by molar-refractivity contribution is 0.104. The molecule has 1 unspecified atom stereocenters. The molecule has 1 atom stereocenters. The number of ether oxygens (including phenoxy) is 1. The van der Waals surface area contributed by atoms with E-state index in [4.69, 9.17) is 4.74 Å². The molecule has 0 bridgehead atoms. The minimum Gasteiger partial charge on any atom is -0.473 e. The van der Waals surface area contributed by atoms with Gasteiger partial charge in [0, 0.05) is 22.8 Å². The van der Waals surface area contributed by atoms with E-state index in [0.717, 1.165) is 18.3 Å². The second-order valence-corrected chi connectivity index (χ2v) is 6.19. The molecule has 0 aliphatic rings. The molecule has 0 amide bonds. The van der Waals surface area contributed by atoms with Crippen molar-refractivity contribution < 1.29 is 9.84 Å². The topological polar surface area (TPSA) is 67.3 Å². The zero-order chi connectivity index (χ0) is 13.7. The molecular weight excluding hydrogens is 282 g/mol. The van der Waals surface area contributed by atoms with E-state index >= 15 is 0 Å². The first kappa shape index (κ1) is 14.4. The van der Waals surface area contributed by atoms with Gasteiger partial charge in [-0.05, 0) is 25.5 Å². The molecule has 104 valence electrons. The van der Waals surface area contributed by atoms with Gasteiger partial charge in [-0.25, -0.2) is 0 Å². The van der Waals surface area contributed by atoms with Crippen molar-refractivity contribution in [3.8, 4) is 5.88 Å². The lowest BCUT2D eigenvalue weighted by Gasteiger charge is -2.11. The van der Waals surface area contributed by atoms with Gasteiger partial charge in [0.05, 0.1) is 11.7 Å². The first-order valence-corrected chi connectivity index (χ1v) is 7.55. The highest BCUT2D eigenvalue weighted by molar-refractivity contribution is 7.12. The highest BCUT2D eigenvalue weighted by Crippen LogP contribution is 2.20. The lowest BCUT2D eigenvalue weighted by atomic mass is 10.3. The largest absolute Gasteiger partial charge is 0.473 e. The number of thiophene rings is 1. The van der Waals surface area contributed by atoms with Gasteiger partial charge < -0.3 is 15.2 Å². The molecule has 0 saturated carbocycles. The monoisotopic (exact) mass is 299 g/mol. The highest BCUT2D eigenvalue weighted by atomic mass is 32.1. The van der Waals surface area contributed by atoms with Gasteiger partial charge in [0.1, 0.15) is 18.9 Å². The van der Waals surface area contributed by atoms with Crippen molar-refractivity contribution in [2.75, 3.05) is 13.2 Å². The molecule has 2 rings (SSSR count). The van der Waals surface area contributed by atoms with E-state index in [2.05, 4.69) is 34.0 Å². The third kappa shape index (κ3) is 4.54. The molecule has 7 heteroatoms. The van der Waals surface area contributed by atoms with Gasteiger partial charge in [-0.1, -0.05) is 0 Å². The van der Waals surface area contributed by atoms with Crippen LogP contribution in [0.3, 0.4) is 0 Å². The SMILES string of the molecule is Cc1cc(CNCC(O)COc2cnsn2)sc1C. The molecule has 0 radical (unpaired) electrons. The van der Waals surface area contributed by atoms with Crippen LogP contribution in [0.25, 0.3) is 0 Å². The third-order valence-corrected chi connectivity index (χ3v) is 4.27. The molecule has 2 heterocycles. The second kappa shape index (κ2) is 6.95. The zero-order valence-corrected chi connectivity index (χ0v) is 12.6. The van der Waals surface area contributed by atoms with Crippen LogP contribution in [0.4, 0.5) is 0 Å². The predicted molar refractivity (Wildman–Crippen MR) is 76.9 cm³/mol. The highest BCUT2D eigenvalue weighted by Gasteiger charge is 2.07. The van der Waals surface area contributed by atoms with Crippen molar-refractivity contribution in [1.82, 2.24) is 14.1 Å². The van der Waals surface area contributed by atoms with E-state index in [1.54, 1.807) is 17.5 Å². The van der Waals surface area contributed by atoms with Crippen molar-refractivity contribution in [2.45, 2.75) is 26.5 Å². The summed E-state index contributed by atoms with van der Waals surface area (Å²) >= 11 is 2.87. The average molecular weight is 299 g/mol. The second-order valence-electron chi connectivity index (χ2n) is 4.29. The maximum atomic E-state index is 9.76. The van der Waals surface area contributed by atoms with Crippen LogP contribution >= 0.6 is 23.1 Å². The predicted octanol–water partition coefficient (Wildman–Crippen LogP) is 1.75. The molecule has 0 aliphatic carbocycles. The Morgan fingerprint density at radius 2 is 2.32 bits per heavy atom. The Kier molecular flexibility index (Phi) is 5.26. The summed E-state index contributed by atoms with van der Waals surface area (Å²) in [5.41, 5.74) is 1.32. The van der Waals surface area contributed by atoms with Crippen LogP contribution < -0.4 is 10.1 Å². The summed E-state index contributed by atoms with van der Waals surface area (Å²) in [6.45, 7) is 5.72. The van der Waals surface area contributed by atoms with Gasteiger partial charge in [0.25, 0.3) is 0 Å². The Hall–Kier alpha value is -1.02. The molecule has 0 saturated heterocycles. The molecule has 5 nitrogen and oxygen atoms in total. The van der Waals surface area contributed by atoms with E-state index < -0.39 is 6.10 Å². The molecule has 2 N–H and O–H groups in total. The van der Waals surface area contributed by atoms with E-state index in [1.807, 2.05) is 0 Å². The summed E-state index contributed by atoms with van der Waals surface area (Å²) in [5.74, 6) is 0.466. The van der Waals surface area contributed by atoms with Crippen LogP contribution in [0.15, 0.2) is 12.3 Å². The first-order valence-electron chi connectivity index (χ1n) is 6.00. The number of aliphatic hydroxyl groups is 1. The Bertz CT molecular complexity index is 480. The van der Waals surface area contributed by atoms with Gasteiger partial charge in [0.2, 0.25) is 5.88 Å². The maximum Gasteiger partial charge on any atom is 0.245 e. The van der Waals surface area contributed by atoms with Crippen LogP contribution in [-0.4, -0.2) is 33.1 Å². The fourth-order valence-corrected chi connectivity index (χ4v) is 2.95. The number of hydrogen-bond donors (Lipinski definition) is 2. The normalized spacial score (nSPS) is 12.6. The number of nitrogens with one attached hydrogen (secondary N) is 1. The van der Waals surface area contributed by atoms with E-state index in [1.165, 1.54) is 15.3 Å². The summed E-state index contributed by atoms with van der Waals surface area (Å²) in [5, 5.41) is 13.0. The van der Waals surface area contributed by atoms with Gasteiger partial charge in [-0.3, -0.25) is 0 Å². The van der Waals surface area contributed by atoms with Gasteiger partial charge in [0.15, 0.2) is 0 Å². The average Bonchev–Trinajstić information content (AvgIpc) is 2.98. The molecule has 2 aromatic rings. The molecule has 2 aromatic heterocycles. The standard InChI is InChI=1S/C12H17N3O2S2/c1-8-3-11(18-9(8)2)5-13-4-10(16)7-17-12-6-14-19-15-12/h3,6,10,13,16H,4-5,7H2,1-2H3. The van der Waals surface area contributed by atoms with Crippen LogP contribution in [0.2, 0.25) is 0 Å². The molecule has 0 aliphatic heterocycles. The molecule has 0 spiro atoms. The number of aryl methyl sites for hydroxylation is 2. The third-order valence-electron chi connectivity index (χ3n) is 2.66. The minimum atomic E-state index is -0.552. The Labute approximate surface area is 120 Å². The van der Waals surface area contributed by atoms with E-state index in [9.17, 15) is 5.11 Å². The van der Waals surface area contributed by atoms with Crippen LogP contribution in [0.1, 0.15) is 15.3 Å². The maximum absolute atomic E-state index is 9.76. The molecule has 19 heavy (non-hydrogen) atoms. The summed E-state index contributed by atoms with van der Waals surface area (Å²) < 4.78 is 13.0. The fraction of sp³-hybridized carbons (Fsp3) is 0.500. The first-order chi connectivity index (χ1) is 9.15. The van der Waals surface area contributed by atoms with Gasteiger partial charge >= 0.3 is 0 Å². The van der Waals surface area contributed by atoms with Crippen LogP contribution in [0, 0.1) is 13.8 Å². The Balaban J connectivity index is 1.65. The smallest absolute Gasteiger partial charge is 0.245 e. The number of nitrogens with zero attached hydrogens (tertiary/aromatic N) is 2.